The first-order valence-corrected chi connectivity index (χ1v) is 3.94. The number of hydrogen-bond acceptors (Lipinski definition) is 2. The van der Waals surface area contributed by atoms with Crippen LogP contribution in [0.2, 0.25) is 0 Å². The molecule has 0 aromatic rings. The molecular formula is C8H12FNO2. The van der Waals surface area contributed by atoms with E-state index in [0.717, 1.165) is 12.6 Å². The minimum Gasteiger partial charge on any atom is -0.478 e. The molecule has 1 atom stereocenters. The monoisotopic (exact) mass is 173 g/mol. The number of carbonyl (C=O) groups is 1. The summed E-state index contributed by atoms with van der Waals surface area (Å²) in [5.74, 6) is -0.953. The first kappa shape index (κ1) is 9.19. The molecule has 12 heavy (non-hydrogen) atoms. The summed E-state index contributed by atoms with van der Waals surface area (Å²) in [6.45, 7) is 1.70. The molecule has 0 aromatic carbocycles. The van der Waals surface area contributed by atoms with Gasteiger partial charge in [-0.2, -0.15) is 0 Å². The van der Waals surface area contributed by atoms with Crippen LogP contribution < -0.4 is 0 Å². The fourth-order valence-electron chi connectivity index (χ4n) is 1.25. The van der Waals surface area contributed by atoms with E-state index in [2.05, 4.69) is 0 Å². The van der Waals surface area contributed by atoms with Gasteiger partial charge in [0.1, 0.15) is 6.17 Å². The number of carboxylic acid groups (broad SMARTS) is 1. The van der Waals surface area contributed by atoms with E-state index < -0.39 is 12.1 Å². The molecule has 1 N–H and O–H groups in total. The van der Waals surface area contributed by atoms with Gasteiger partial charge in [0.15, 0.2) is 0 Å². The molecule has 0 aromatic heterocycles. The van der Waals surface area contributed by atoms with Crippen LogP contribution in [0.25, 0.3) is 0 Å². The maximum atomic E-state index is 12.6. The zero-order valence-electron chi connectivity index (χ0n) is 6.74. The lowest BCUT2D eigenvalue weighted by atomic mass is 10.3. The largest absolute Gasteiger partial charge is 0.478 e. The van der Waals surface area contributed by atoms with Crippen molar-refractivity contribution in [3.63, 3.8) is 0 Å². The summed E-state index contributed by atoms with van der Waals surface area (Å²) in [5, 5.41) is 8.26. The van der Waals surface area contributed by atoms with Crippen molar-refractivity contribution in [2.75, 3.05) is 19.6 Å². The van der Waals surface area contributed by atoms with Gasteiger partial charge in [0.2, 0.25) is 0 Å². The maximum Gasteiger partial charge on any atom is 0.328 e. The molecule has 0 saturated carbocycles. The molecule has 1 heterocycles. The standard InChI is InChI=1S/C8H12FNO2/c9-7-3-5-10(6-7)4-1-2-8(11)12/h1-2,7H,3-6H2,(H,11,12). The predicted molar refractivity (Wildman–Crippen MR) is 42.7 cm³/mol. The van der Waals surface area contributed by atoms with E-state index in [1.54, 1.807) is 6.08 Å². The first-order chi connectivity index (χ1) is 5.68. The smallest absolute Gasteiger partial charge is 0.328 e. The zero-order chi connectivity index (χ0) is 8.97. The van der Waals surface area contributed by atoms with Gasteiger partial charge < -0.3 is 5.11 Å². The Bertz CT molecular complexity index is 193. The van der Waals surface area contributed by atoms with Gasteiger partial charge in [0.25, 0.3) is 0 Å². The maximum absolute atomic E-state index is 12.6. The number of nitrogens with zero attached hydrogens (tertiary/aromatic N) is 1. The lowest BCUT2D eigenvalue weighted by Gasteiger charge is -2.09. The molecule has 1 unspecified atom stereocenters. The summed E-state index contributed by atoms with van der Waals surface area (Å²) in [7, 11) is 0. The van der Waals surface area contributed by atoms with Crippen LogP contribution in [0, 0.1) is 0 Å². The molecule has 0 bridgehead atoms. The third-order valence-corrected chi connectivity index (χ3v) is 1.84. The molecule has 1 fully saturated rings. The van der Waals surface area contributed by atoms with Crippen molar-refractivity contribution in [2.45, 2.75) is 12.6 Å². The molecule has 1 saturated heterocycles. The van der Waals surface area contributed by atoms with Gasteiger partial charge in [0.05, 0.1) is 0 Å². The van der Waals surface area contributed by atoms with E-state index in [1.807, 2.05) is 4.90 Å². The van der Waals surface area contributed by atoms with Gasteiger partial charge in [0, 0.05) is 25.7 Å². The molecule has 3 nitrogen and oxygen atoms in total. The Morgan fingerprint density at radius 3 is 3.00 bits per heavy atom. The van der Waals surface area contributed by atoms with Crippen LogP contribution >= 0.6 is 0 Å². The highest BCUT2D eigenvalue weighted by atomic mass is 19.1. The predicted octanol–water partition coefficient (Wildman–Crippen LogP) is 0.671. The van der Waals surface area contributed by atoms with Crippen LogP contribution in [0.1, 0.15) is 6.42 Å². The second kappa shape index (κ2) is 4.21. The second-order valence-corrected chi connectivity index (χ2v) is 2.89. The van der Waals surface area contributed by atoms with Gasteiger partial charge in [-0.3, -0.25) is 4.90 Å². The summed E-state index contributed by atoms with van der Waals surface area (Å²) in [6, 6.07) is 0. The molecule has 0 spiro atoms. The van der Waals surface area contributed by atoms with Crippen molar-refractivity contribution >= 4 is 5.97 Å². The highest BCUT2D eigenvalue weighted by Crippen LogP contribution is 2.11. The lowest BCUT2D eigenvalue weighted by molar-refractivity contribution is -0.131. The van der Waals surface area contributed by atoms with E-state index in [9.17, 15) is 9.18 Å². The highest BCUT2D eigenvalue weighted by Gasteiger charge is 2.19. The number of likely N-dealkylation sites (tertiary alicyclic amines) is 1. The summed E-state index contributed by atoms with van der Waals surface area (Å²) < 4.78 is 12.6. The first-order valence-electron chi connectivity index (χ1n) is 3.94. The van der Waals surface area contributed by atoms with Gasteiger partial charge in [-0.1, -0.05) is 6.08 Å². The summed E-state index contributed by atoms with van der Waals surface area (Å²) >= 11 is 0. The summed E-state index contributed by atoms with van der Waals surface area (Å²) in [6.07, 6.45) is 2.47. The summed E-state index contributed by atoms with van der Waals surface area (Å²) in [4.78, 5) is 12.0. The van der Waals surface area contributed by atoms with Crippen molar-refractivity contribution in [2.24, 2.45) is 0 Å². The number of alkyl halides is 1. The van der Waals surface area contributed by atoms with E-state index in [1.165, 1.54) is 0 Å². The SMILES string of the molecule is O=C(O)C=CCN1CCC(F)C1. The molecule has 0 radical (unpaired) electrons. The van der Waals surface area contributed by atoms with E-state index in [4.69, 9.17) is 5.11 Å². The average Bonchev–Trinajstić information content (AvgIpc) is 2.35. The van der Waals surface area contributed by atoms with Crippen LogP contribution in [0.15, 0.2) is 12.2 Å². The average molecular weight is 173 g/mol. The highest BCUT2D eigenvalue weighted by molar-refractivity contribution is 5.79. The zero-order valence-corrected chi connectivity index (χ0v) is 6.74. The van der Waals surface area contributed by atoms with Crippen molar-refractivity contribution in [1.29, 1.82) is 0 Å². The number of carboxylic acids is 1. The van der Waals surface area contributed by atoms with Crippen LogP contribution in [0.4, 0.5) is 4.39 Å². The quantitative estimate of drug-likeness (QED) is 0.638. The van der Waals surface area contributed by atoms with Crippen molar-refractivity contribution in [1.82, 2.24) is 4.90 Å². The third-order valence-electron chi connectivity index (χ3n) is 1.84. The Kier molecular flexibility index (Phi) is 3.22. The minimum absolute atomic E-state index is 0.434. The Balaban J connectivity index is 2.20. The van der Waals surface area contributed by atoms with Crippen LogP contribution in [-0.4, -0.2) is 41.8 Å². The van der Waals surface area contributed by atoms with E-state index in [0.29, 0.717) is 19.5 Å². The molecule has 68 valence electrons. The van der Waals surface area contributed by atoms with Crippen molar-refractivity contribution in [3.8, 4) is 0 Å². The Morgan fingerprint density at radius 2 is 2.50 bits per heavy atom. The Hall–Kier alpha value is -0.900. The van der Waals surface area contributed by atoms with Crippen molar-refractivity contribution < 1.29 is 14.3 Å². The Morgan fingerprint density at radius 1 is 1.75 bits per heavy atom. The number of halogens is 1. The van der Waals surface area contributed by atoms with Gasteiger partial charge in [-0.25, -0.2) is 9.18 Å². The second-order valence-electron chi connectivity index (χ2n) is 2.89. The lowest BCUT2D eigenvalue weighted by Crippen LogP contribution is -2.20. The van der Waals surface area contributed by atoms with Crippen LogP contribution in [0.5, 0.6) is 0 Å². The molecule has 4 heteroatoms. The molecule has 0 aliphatic carbocycles. The Labute approximate surface area is 70.5 Å². The minimum atomic E-state index is -0.953. The van der Waals surface area contributed by atoms with Crippen LogP contribution in [-0.2, 0) is 4.79 Å². The topological polar surface area (TPSA) is 40.5 Å². The van der Waals surface area contributed by atoms with Gasteiger partial charge in [-0.15, -0.1) is 0 Å². The van der Waals surface area contributed by atoms with E-state index >= 15 is 0 Å². The molecule has 1 rings (SSSR count). The van der Waals surface area contributed by atoms with Gasteiger partial charge >= 0.3 is 5.97 Å². The number of hydrogen-bond donors (Lipinski definition) is 1. The molecule has 1 aliphatic rings. The normalized spacial score (nSPS) is 25.2. The fourth-order valence-corrected chi connectivity index (χ4v) is 1.25. The molecule has 0 amide bonds. The van der Waals surface area contributed by atoms with Crippen molar-refractivity contribution in [3.05, 3.63) is 12.2 Å². The number of aliphatic carboxylic acids is 1. The van der Waals surface area contributed by atoms with Gasteiger partial charge in [-0.05, 0) is 6.42 Å². The molecule has 1 aliphatic heterocycles. The van der Waals surface area contributed by atoms with Crippen LogP contribution in [0.3, 0.4) is 0 Å². The molecular weight excluding hydrogens is 161 g/mol. The summed E-state index contributed by atoms with van der Waals surface area (Å²) in [5.41, 5.74) is 0. The fraction of sp³-hybridized carbons (Fsp3) is 0.625. The van der Waals surface area contributed by atoms with E-state index in [-0.39, 0.29) is 0 Å². The third kappa shape index (κ3) is 3.00. The number of rotatable bonds is 3.